The van der Waals surface area contributed by atoms with E-state index in [1.807, 2.05) is 31.2 Å². The molecule has 0 bridgehead atoms. The van der Waals surface area contributed by atoms with Crippen molar-refractivity contribution in [1.82, 2.24) is 10.2 Å². The van der Waals surface area contributed by atoms with E-state index in [0.29, 0.717) is 22.4 Å². The Balaban J connectivity index is 1.67. The molecule has 1 atom stereocenters. The first-order valence-corrected chi connectivity index (χ1v) is 11.2. The predicted octanol–water partition coefficient (Wildman–Crippen LogP) is 3.78. The predicted molar refractivity (Wildman–Crippen MR) is 109 cm³/mol. The number of hydrogen-bond donors (Lipinski definition) is 1. The van der Waals surface area contributed by atoms with Crippen LogP contribution in [-0.4, -0.2) is 35.9 Å². The third kappa shape index (κ3) is 5.20. The Morgan fingerprint density at radius 3 is 2.50 bits per heavy atom. The fourth-order valence-electron chi connectivity index (χ4n) is 2.51. The van der Waals surface area contributed by atoms with Crippen LogP contribution in [0.4, 0.5) is 5.69 Å². The first kappa shape index (κ1) is 20.1. The standard InChI is InChI=1S/C19H19N3O4S2/c1-12-5-4-6-15(11-12)18-20-21-19(26-18)27-13(2)17(23)14-7-9-16(10-8-14)22-28(3,24)25/h4-11,13,22H,1-3H3/t13-/m0/s1. The molecule has 146 valence electrons. The summed E-state index contributed by atoms with van der Waals surface area (Å²) in [6.07, 6.45) is 1.07. The topological polar surface area (TPSA) is 102 Å². The van der Waals surface area contributed by atoms with Crippen LogP contribution in [0.15, 0.2) is 58.2 Å². The largest absolute Gasteiger partial charge is 0.411 e. The number of nitrogens with one attached hydrogen (secondary N) is 1. The summed E-state index contributed by atoms with van der Waals surface area (Å²) in [6.45, 7) is 3.74. The van der Waals surface area contributed by atoms with Crippen molar-refractivity contribution in [1.29, 1.82) is 0 Å². The van der Waals surface area contributed by atoms with Crippen LogP contribution in [-0.2, 0) is 10.0 Å². The molecule has 3 rings (SSSR count). The van der Waals surface area contributed by atoms with E-state index in [2.05, 4.69) is 14.9 Å². The van der Waals surface area contributed by atoms with Gasteiger partial charge in [0.25, 0.3) is 5.22 Å². The van der Waals surface area contributed by atoms with Crippen LogP contribution in [0, 0.1) is 6.92 Å². The number of rotatable bonds is 7. The summed E-state index contributed by atoms with van der Waals surface area (Å²) in [5.74, 6) is 0.285. The second-order valence-electron chi connectivity index (χ2n) is 6.32. The van der Waals surface area contributed by atoms with Crippen LogP contribution in [0.2, 0.25) is 0 Å². The number of benzene rings is 2. The molecule has 9 heteroatoms. The number of sulfonamides is 1. The summed E-state index contributed by atoms with van der Waals surface area (Å²) in [7, 11) is -3.36. The summed E-state index contributed by atoms with van der Waals surface area (Å²) >= 11 is 1.18. The van der Waals surface area contributed by atoms with Crippen molar-refractivity contribution in [2.24, 2.45) is 0 Å². The van der Waals surface area contributed by atoms with Gasteiger partial charge in [0, 0.05) is 16.8 Å². The van der Waals surface area contributed by atoms with Gasteiger partial charge in [-0.25, -0.2) is 8.42 Å². The Morgan fingerprint density at radius 1 is 1.14 bits per heavy atom. The number of carbonyl (C=O) groups is 1. The minimum atomic E-state index is -3.36. The van der Waals surface area contributed by atoms with Crippen molar-refractivity contribution >= 4 is 33.3 Å². The van der Waals surface area contributed by atoms with E-state index in [1.165, 1.54) is 11.8 Å². The molecule has 0 aliphatic heterocycles. The first-order chi connectivity index (χ1) is 13.2. The minimum absolute atomic E-state index is 0.119. The molecule has 0 amide bonds. The molecular formula is C19H19N3O4S2. The number of thioether (sulfide) groups is 1. The Labute approximate surface area is 167 Å². The summed E-state index contributed by atoms with van der Waals surface area (Å²) in [4.78, 5) is 12.6. The van der Waals surface area contributed by atoms with Crippen LogP contribution in [0.25, 0.3) is 11.5 Å². The van der Waals surface area contributed by atoms with Crippen molar-refractivity contribution in [3.8, 4) is 11.5 Å². The SMILES string of the molecule is Cc1cccc(-c2nnc(S[C@@H](C)C(=O)c3ccc(NS(C)(=O)=O)cc3)o2)c1. The van der Waals surface area contributed by atoms with Gasteiger partial charge in [-0.3, -0.25) is 9.52 Å². The zero-order chi connectivity index (χ0) is 20.3. The van der Waals surface area contributed by atoms with Crippen LogP contribution < -0.4 is 4.72 Å². The highest BCUT2D eigenvalue weighted by atomic mass is 32.2. The van der Waals surface area contributed by atoms with Gasteiger partial charge in [-0.05, 0) is 50.2 Å². The molecule has 0 saturated carbocycles. The summed E-state index contributed by atoms with van der Waals surface area (Å²) in [5, 5.41) is 7.92. The average molecular weight is 418 g/mol. The second-order valence-corrected chi connectivity index (χ2v) is 9.36. The Bertz CT molecular complexity index is 1090. The highest BCUT2D eigenvalue weighted by molar-refractivity contribution is 8.00. The fourth-order valence-corrected chi connectivity index (χ4v) is 3.83. The molecule has 1 N–H and O–H groups in total. The third-order valence-electron chi connectivity index (χ3n) is 3.79. The van der Waals surface area contributed by atoms with Crippen LogP contribution in [0.3, 0.4) is 0 Å². The highest BCUT2D eigenvalue weighted by Crippen LogP contribution is 2.28. The summed E-state index contributed by atoms with van der Waals surface area (Å²) < 4.78 is 30.5. The fraction of sp³-hybridized carbons (Fsp3) is 0.211. The van der Waals surface area contributed by atoms with Gasteiger partial charge in [0.05, 0.1) is 11.5 Å². The number of hydrogen-bond acceptors (Lipinski definition) is 7. The van der Waals surface area contributed by atoms with Gasteiger partial charge >= 0.3 is 0 Å². The number of ketones is 1. The number of Topliss-reactive ketones (excluding diaryl/α,β-unsaturated/α-hetero) is 1. The maximum atomic E-state index is 12.6. The minimum Gasteiger partial charge on any atom is -0.411 e. The normalized spacial score (nSPS) is 12.5. The lowest BCUT2D eigenvalue weighted by Crippen LogP contribution is -2.14. The van der Waals surface area contributed by atoms with Crippen molar-refractivity contribution in [3.05, 3.63) is 59.7 Å². The molecule has 28 heavy (non-hydrogen) atoms. The Kier molecular flexibility index (Phi) is 5.85. The molecule has 0 radical (unpaired) electrons. The molecule has 7 nitrogen and oxygen atoms in total. The Hall–Kier alpha value is -2.65. The number of carbonyl (C=O) groups excluding carboxylic acids is 1. The number of nitrogens with zero attached hydrogens (tertiary/aromatic N) is 2. The molecule has 0 aliphatic rings. The number of anilines is 1. The van der Waals surface area contributed by atoms with Crippen LogP contribution in [0.5, 0.6) is 0 Å². The van der Waals surface area contributed by atoms with Crippen LogP contribution in [0.1, 0.15) is 22.8 Å². The van der Waals surface area contributed by atoms with E-state index in [1.54, 1.807) is 31.2 Å². The second kappa shape index (κ2) is 8.15. The quantitative estimate of drug-likeness (QED) is 0.461. The van der Waals surface area contributed by atoms with Gasteiger partial charge in [-0.15, -0.1) is 10.2 Å². The van der Waals surface area contributed by atoms with Crippen molar-refractivity contribution in [2.45, 2.75) is 24.3 Å². The van der Waals surface area contributed by atoms with E-state index in [4.69, 9.17) is 4.42 Å². The number of aromatic nitrogens is 2. The summed E-state index contributed by atoms with van der Waals surface area (Å²) in [5.41, 5.74) is 2.78. The molecule has 0 saturated heterocycles. The van der Waals surface area contributed by atoms with E-state index in [-0.39, 0.29) is 5.78 Å². The maximum absolute atomic E-state index is 12.6. The molecule has 3 aromatic rings. The van der Waals surface area contributed by atoms with E-state index < -0.39 is 15.3 Å². The van der Waals surface area contributed by atoms with Gasteiger partial charge in [-0.2, -0.15) is 0 Å². The van der Waals surface area contributed by atoms with Crippen molar-refractivity contribution < 1.29 is 17.6 Å². The summed E-state index contributed by atoms with van der Waals surface area (Å²) in [6, 6.07) is 14.0. The smallest absolute Gasteiger partial charge is 0.277 e. The zero-order valence-corrected chi connectivity index (χ0v) is 17.2. The lowest BCUT2D eigenvalue weighted by atomic mass is 10.1. The molecule has 1 aromatic heterocycles. The molecule has 1 heterocycles. The molecule has 0 aliphatic carbocycles. The van der Waals surface area contributed by atoms with Crippen LogP contribution >= 0.6 is 11.8 Å². The molecule has 0 fully saturated rings. The first-order valence-electron chi connectivity index (χ1n) is 8.40. The maximum Gasteiger partial charge on any atom is 0.277 e. The highest BCUT2D eigenvalue weighted by Gasteiger charge is 2.20. The van der Waals surface area contributed by atoms with Crippen molar-refractivity contribution in [3.63, 3.8) is 0 Å². The van der Waals surface area contributed by atoms with Gasteiger partial charge in [0.15, 0.2) is 5.78 Å². The van der Waals surface area contributed by atoms with Crippen molar-refractivity contribution in [2.75, 3.05) is 11.0 Å². The van der Waals surface area contributed by atoms with Gasteiger partial charge in [0.1, 0.15) is 0 Å². The lowest BCUT2D eigenvalue weighted by molar-refractivity contribution is 0.0993. The van der Waals surface area contributed by atoms with E-state index in [0.717, 1.165) is 17.4 Å². The average Bonchev–Trinajstić information content (AvgIpc) is 3.09. The monoisotopic (exact) mass is 417 g/mol. The third-order valence-corrected chi connectivity index (χ3v) is 5.33. The molecule has 0 spiro atoms. The zero-order valence-electron chi connectivity index (χ0n) is 15.5. The van der Waals surface area contributed by atoms with E-state index >= 15 is 0 Å². The molecular weight excluding hydrogens is 398 g/mol. The molecule has 0 unspecified atom stereocenters. The van der Waals surface area contributed by atoms with Gasteiger partial charge < -0.3 is 4.42 Å². The van der Waals surface area contributed by atoms with E-state index in [9.17, 15) is 13.2 Å². The number of aryl methyl sites for hydroxylation is 1. The van der Waals surface area contributed by atoms with Gasteiger partial charge in [-0.1, -0.05) is 29.5 Å². The Morgan fingerprint density at radius 2 is 1.86 bits per heavy atom. The molecule has 2 aromatic carbocycles. The lowest BCUT2D eigenvalue weighted by Gasteiger charge is -2.09. The van der Waals surface area contributed by atoms with Gasteiger partial charge in [0.2, 0.25) is 15.9 Å².